The number of para-hydroxylation sites is 1. The largest absolute Gasteiger partial charge is 0.454 e. The van der Waals surface area contributed by atoms with Gasteiger partial charge < -0.3 is 18.7 Å². The first-order valence-electron chi connectivity index (χ1n) is 11.5. The first kappa shape index (κ1) is 21.9. The summed E-state index contributed by atoms with van der Waals surface area (Å²) >= 11 is 0. The number of nitrogens with zero attached hydrogens (tertiary/aromatic N) is 5. The van der Waals surface area contributed by atoms with E-state index in [2.05, 4.69) is 50.9 Å². The third-order valence-electron chi connectivity index (χ3n) is 6.12. The molecule has 1 aliphatic rings. The van der Waals surface area contributed by atoms with Gasteiger partial charge in [-0.3, -0.25) is 0 Å². The van der Waals surface area contributed by atoms with Crippen molar-refractivity contribution in [3.63, 3.8) is 0 Å². The highest BCUT2D eigenvalue weighted by molar-refractivity contribution is 5.81. The molecule has 1 N–H and O–H groups in total. The fourth-order valence-corrected chi connectivity index (χ4v) is 4.12. The number of anilines is 1. The van der Waals surface area contributed by atoms with E-state index in [1.54, 1.807) is 0 Å². The summed E-state index contributed by atoms with van der Waals surface area (Å²) in [5.74, 6) is 3.94. The Morgan fingerprint density at radius 2 is 2.00 bits per heavy atom. The van der Waals surface area contributed by atoms with Gasteiger partial charge in [-0.05, 0) is 31.9 Å². The van der Waals surface area contributed by atoms with Gasteiger partial charge in [0.2, 0.25) is 5.89 Å². The van der Waals surface area contributed by atoms with Gasteiger partial charge in [0.25, 0.3) is 5.88 Å². The zero-order valence-electron chi connectivity index (χ0n) is 19.6. The molecule has 0 amide bonds. The molecule has 0 bridgehead atoms. The van der Waals surface area contributed by atoms with Gasteiger partial charge in [-0.25, -0.2) is 10.5 Å². The Kier molecular flexibility index (Phi) is 5.91. The Bertz CT molecular complexity index is 1270. The third kappa shape index (κ3) is 4.33. The van der Waals surface area contributed by atoms with Crippen molar-refractivity contribution in [2.24, 2.45) is 0 Å². The zero-order chi connectivity index (χ0) is 23.7. The van der Waals surface area contributed by atoms with Crippen molar-refractivity contribution < 1.29 is 13.8 Å². The molecule has 1 aliphatic heterocycles. The summed E-state index contributed by atoms with van der Waals surface area (Å²) in [7, 11) is 0. The van der Waals surface area contributed by atoms with Crippen molar-refractivity contribution in [3.05, 3.63) is 66.3 Å². The third-order valence-corrected chi connectivity index (χ3v) is 6.12. The van der Waals surface area contributed by atoms with Gasteiger partial charge in [-0.1, -0.05) is 43.8 Å². The van der Waals surface area contributed by atoms with Gasteiger partial charge in [0.05, 0.1) is 5.56 Å². The molecule has 3 aromatic heterocycles. The lowest BCUT2D eigenvalue weighted by Gasteiger charge is -2.32. The highest BCUT2D eigenvalue weighted by atomic mass is 16.7. The summed E-state index contributed by atoms with van der Waals surface area (Å²) in [4.78, 5) is 21.4. The second-order valence-corrected chi connectivity index (χ2v) is 8.87. The number of hydrogen-bond donors (Lipinski definition) is 1. The van der Waals surface area contributed by atoms with Crippen LogP contribution in [0.25, 0.3) is 16.7 Å². The van der Waals surface area contributed by atoms with Crippen molar-refractivity contribution in [3.8, 4) is 5.88 Å². The van der Waals surface area contributed by atoms with Crippen molar-refractivity contribution >= 4 is 22.5 Å². The van der Waals surface area contributed by atoms with Gasteiger partial charge in [0, 0.05) is 30.3 Å². The molecule has 0 unspecified atom stereocenters. The van der Waals surface area contributed by atoms with Crippen LogP contribution < -0.4 is 15.2 Å². The van der Waals surface area contributed by atoms with Crippen LogP contribution in [0.2, 0.25) is 0 Å². The molecule has 0 aliphatic carbocycles. The molecule has 4 heterocycles. The van der Waals surface area contributed by atoms with Crippen LogP contribution in [0.3, 0.4) is 0 Å². The van der Waals surface area contributed by atoms with Gasteiger partial charge in [0.15, 0.2) is 11.6 Å². The summed E-state index contributed by atoms with van der Waals surface area (Å²) < 4.78 is 11.3. The Morgan fingerprint density at radius 3 is 2.74 bits per heavy atom. The maximum Gasteiger partial charge on any atom is 0.253 e. The lowest BCUT2D eigenvalue weighted by Crippen LogP contribution is -2.34. The van der Waals surface area contributed by atoms with E-state index in [1.807, 2.05) is 37.3 Å². The fourth-order valence-electron chi connectivity index (χ4n) is 4.12. The molecule has 0 spiro atoms. The van der Waals surface area contributed by atoms with Gasteiger partial charge in [0.1, 0.15) is 23.4 Å². The molecule has 9 nitrogen and oxygen atoms in total. The number of hydrogen-bond acceptors (Lipinski definition) is 9. The number of piperidine rings is 1. The highest BCUT2D eigenvalue weighted by Crippen LogP contribution is 2.32. The average Bonchev–Trinajstić information content (AvgIpc) is 3.51. The monoisotopic (exact) mass is 460 g/mol. The summed E-state index contributed by atoms with van der Waals surface area (Å²) in [6.07, 6.45) is 3.35. The van der Waals surface area contributed by atoms with Gasteiger partial charge >= 0.3 is 0 Å². The SMILES string of the molecule is C=C(NOc1ncnc(N2CCC(c3nc(C(C)C)no3)CC2)c1C)c1cc2ccccc2o1. The molecule has 9 heteroatoms. The number of rotatable bonds is 7. The lowest BCUT2D eigenvalue weighted by atomic mass is 9.96. The Balaban J connectivity index is 1.22. The minimum atomic E-state index is 0.260. The number of aromatic nitrogens is 4. The molecule has 4 aromatic rings. The van der Waals surface area contributed by atoms with Crippen LogP contribution in [0.4, 0.5) is 5.82 Å². The van der Waals surface area contributed by atoms with Crippen LogP contribution in [-0.2, 0) is 0 Å². The Hall–Kier alpha value is -3.88. The van der Waals surface area contributed by atoms with E-state index < -0.39 is 0 Å². The quantitative estimate of drug-likeness (QED) is 0.383. The Morgan fingerprint density at radius 1 is 1.21 bits per heavy atom. The molecule has 1 aromatic carbocycles. The molecule has 1 fully saturated rings. The maximum atomic E-state index is 5.83. The molecular weight excluding hydrogens is 432 g/mol. The molecule has 176 valence electrons. The second kappa shape index (κ2) is 9.17. The van der Waals surface area contributed by atoms with Crippen molar-refractivity contribution in [1.29, 1.82) is 0 Å². The highest BCUT2D eigenvalue weighted by Gasteiger charge is 2.27. The van der Waals surface area contributed by atoms with E-state index in [4.69, 9.17) is 13.8 Å². The zero-order valence-corrected chi connectivity index (χ0v) is 19.6. The van der Waals surface area contributed by atoms with Gasteiger partial charge in [-0.15, -0.1) is 0 Å². The summed E-state index contributed by atoms with van der Waals surface area (Å²) in [6, 6.07) is 9.72. The first-order valence-corrected chi connectivity index (χ1v) is 11.5. The van der Waals surface area contributed by atoms with Gasteiger partial charge in [-0.2, -0.15) is 9.97 Å². The molecule has 0 atom stereocenters. The van der Waals surface area contributed by atoms with E-state index in [-0.39, 0.29) is 11.8 Å². The topological polar surface area (TPSA) is 102 Å². The predicted octanol–water partition coefficient (Wildman–Crippen LogP) is 4.98. The Labute approximate surface area is 197 Å². The first-order chi connectivity index (χ1) is 16.5. The van der Waals surface area contributed by atoms with Crippen molar-refractivity contribution in [2.75, 3.05) is 18.0 Å². The van der Waals surface area contributed by atoms with E-state index in [9.17, 15) is 0 Å². The van der Waals surface area contributed by atoms with Crippen LogP contribution in [0.5, 0.6) is 5.88 Å². The second-order valence-electron chi connectivity index (χ2n) is 8.87. The van der Waals surface area contributed by atoms with Crippen molar-refractivity contribution in [2.45, 2.75) is 45.4 Å². The number of furan rings is 1. The predicted molar refractivity (Wildman–Crippen MR) is 128 cm³/mol. The van der Waals surface area contributed by atoms with E-state index in [1.165, 1.54) is 6.33 Å². The maximum absolute atomic E-state index is 5.83. The number of benzene rings is 1. The van der Waals surface area contributed by atoms with Crippen LogP contribution >= 0.6 is 0 Å². The van der Waals surface area contributed by atoms with E-state index >= 15 is 0 Å². The minimum absolute atomic E-state index is 0.260. The molecule has 34 heavy (non-hydrogen) atoms. The minimum Gasteiger partial charge on any atom is -0.454 e. The fraction of sp³-hybridized carbons (Fsp3) is 0.360. The molecule has 0 saturated carbocycles. The molecule has 0 radical (unpaired) electrons. The molecular formula is C25H28N6O3. The lowest BCUT2D eigenvalue weighted by molar-refractivity contribution is 0.237. The standard InChI is InChI=1S/C25H28N6O3/c1-15(2)22-28-25(34-30-22)18-9-11-31(12-10-18)23-16(3)24(27-14-26-23)33-29-17(4)21-13-19-7-5-6-8-20(19)32-21/h5-8,13-15,18,29H,4,9-12H2,1-3H3. The number of hydroxylamine groups is 1. The average molecular weight is 461 g/mol. The normalized spacial score (nSPS) is 14.6. The summed E-state index contributed by atoms with van der Waals surface area (Å²) in [5.41, 5.74) is 5.02. The number of fused-ring (bicyclic) bond motifs is 1. The van der Waals surface area contributed by atoms with Crippen molar-refractivity contribution in [1.82, 2.24) is 25.6 Å². The smallest absolute Gasteiger partial charge is 0.253 e. The van der Waals surface area contributed by atoms with Crippen LogP contribution in [0.1, 0.15) is 61.6 Å². The molecule has 1 saturated heterocycles. The van der Waals surface area contributed by atoms with E-state index in [0.29, 0.717) is 17.3 Å². The van der Waals surface area contributed by atoms with Crippen LogP contribution in [0.15, 0.2) is 52.2 Å². The summed E-state index contributed by atoms with van der Waals surface area (Å²) in [5, 5.41) is 5.11. The van der Waals surface area contributed by atoms with E-state index in [0.717, 1.165) is 60.0 Å². The molecule has 5 rings (SSSR count). The van der Waals surface area contributed by atoms with Crippen LogP contribution in [0, 0.1) is 6.92 Å². The van der Waals surface area contributed by atoms with Crippen LogP contribution in [-0.4, -0.2) is 33.2 Å². The summed E-state index contributed by atoms with van der Waals surface area (Å²) in [6.45, 7) is 11.8. The number of nitrogens with one attached hydrogen (secondary N) is 1.